The monoisotopic (exact) mass is 340 g/mol. The third kappa shape index (κ3) is 2.49. The highest BCUT2D eigenvalue weighted by molar-refractivity contribution is 6.45. The largest absolute Gasteiger partial charge is 0.379 e. The van der Waals surface area contributed by atoms with Gasteiger partial charge in [0.2, 0.25) is 0 Å². The Kier molecular flexibility index (Phi) is 4.10. The Morgan fingerprint density at radius 3 is 2.86 bits per heavy atom. The molecule has 1 aromatic carbocycles. The molecule has 1 fully saturated rings. The summed E-state index contributed by atoms with van der Waals surface area (Å²) in [5.41, 5.74) is 1.18. The molecule has 1 atom stereocenters. The summed E-state index contributed by atoms with van der Waals surface area (Å²) >= 11 is 12.3. The second-order valence-corrected chi connectivity index (χ2v) is 6.56. The van der Waals surface area contributed by atoms with E-state index in [2.05, 4.69) is 12.2 Å². The number of nitrogens with one attached hydrogen (secondary N) is 1. The number of benzene rings is 1. The Hall–Kier alpha value is -1.23. The summed E-state index contributed by atoms with van der Waals surface area (Å²) in [5.74, 6) is -0.113. The first-order chi connectivity index (χ1) is 10.5. The van der Waals surface area contributed by atoms with Gasteiger partial charge in [-0.1, -0.05) is 30.1 Å². The highest BCUT2D eigenvalue weighted by atomic mass is 35.5. The molecule has 4 nitrogen and oxygen atoms in total. The Morgan fingerprint density at radius 1 is 1.45 bits per heavy atom. The number of nitrogens with zero attached hydrogens (tertiary/aromatic N) is 1. The number of aryl methyl sites for hydroxylation is 1. The van der Waals surface area contributed by atoms with Crippen molar-refractivity contribution < 1.29 is 9.53 Å². The minimum absolute atomic E-state index is 0.113. The van der Waals surface area contributed by atoms with Gasteiger partial charge in [0.05, 0.1) is 22.2 Å². The zero-order valence-corrected chi connectivity index (χ0v) is 14.1. The summed E-state index contributed by atoms with van der Waals surface area (Å²) in [4.78, 5) is 12.7. The average molecular weight is 341 g/mol. The van der Waals surface area contributed by atoms with Crippen LogP contribution in [0.1, 0.15) is 30.3 Å². The molecule has 1 aromatic heterocycles. The normalized spacial score (nSPS) is 21.5. The molecule has 0 radical (unpaired) electrons. The number of carbonyl (C=O) groups excluding carboxylic acids is 1. The van der Waals surface area contributed by atoms with Crippen molar-refractivity contribution in [3.8, 4) is 0 Å². The average Bonchev–Trinajstić information content (AvgIpc) is 3.09. The molecule has 1 saturated heterocycles. The van der Waals surface area contributed by atoms with Crippen molar-refractivity contribution in [3.63, 3.8) is 0 Å². The summed E-state index contributed by atoms with van der Waals surface area (Å²) < 4.78 is 7.29. The minimum Gasteiger partial charge on any atom is -0.379 e. The van der Waals surface area contributed by atoms with Crippen LogP contribution in [0.3, 0.4) is 0 Å². The first kappa shape index (κ1) is 15.7. The quantitative estimate of drug-likeness (QED) is 0.923. The van der Waals surface area contributed by atoms with Crippen LogP contribution in [0, 0.1) is 0 Å². The van der Waals surface area contributed by atoms with Gasteiger partial charge in [-0.2, -0.15) is 0 Å². The van der Waals surface area contributed by atoms with Crippen LogP contribution in [0.15, 0.2) is 18.2 Å². The lowest BCUT2D eigenvalue weighted by atomic mass is 9.95. The fourth-order valence-electron chi connectivity index (χ4n) is 2.95. The number of amides is 1. The summed E-state index contributed by atoms with van der Waals surface area (Å²) in [7, 11) is 1.85. The zero-order chi connectivity index (χ0) is 15.9. The van der Waals surface area contributed by atoms with E-state index in [1.54, 1.807) is 12.1 Å². The zero-order valence-electron chi connectivity index (χ0n) is 12.6. The molecule has 1 aliphatic rings. The van der Waals surface area contributed by atoms with Crippen LogP contribution >= 0.6 is 23.2 Å². The van der Waals surface area contributed by atoms with E-state index < -0.39 is 0 Å². The van der Waals surface area contributed by atoms with Crippen molar-refractivity contribution >= 4 is 40.0 Å². The Balaban J connectivity index is 1.98. The SMILES string of the molecule is CCC1(NC(=O)c2cc3c(Cl)c(Cl)ccc3n2C)CCOC1. The maximum absolute atomic E-state index is 12.7. The van der Waals surface area contributed by atoms with Crippen LogP contribution in [0.2, 0.25) is 10.0 Å². The molecule has 0 spiro atoms. The Labute approximate surface area is 139 Å². The van der Waals surface area contributed by atoms with Gasteiger partial charge in [0, 0.05) is 24.6 Å². The van der Waals surface area contributed by atoms with Crippen molar-refractivity contribution in [2.45, 2.75) is 25.3 Å². The molecule has 2 aromatic rings. The van der Waals surface area contributed by atoms with E-state index in [1.807, 2.05) is 17.7 Å². The molecular formula is C16H18Cl2N2O2. The summed E-state index contributed by atoms with van der Waals surface area (Å²) in [6.45, 7) is 3.31. The maximum Gasteiger partial charge on any atom is 0.268 e. The smallest absolute Gasteiger partial charge is 0.268 e. The predicted octanol–water partition coefficient (Wildman–Crippen LogP) is 3.78. The predicted molar refractivity (Wildman–Crippen MR) is 88.9 cm³/mol. The molecular weight excluding hydrogens is 323 g/mol. The molecule has 6 heteroatoms. The van der Waals surface area contributed by atoms with Gasteiger partial charge in [-0.15, -0.1) is 0 Å². The van der Waals surface area contributed by atoms with Crippen LogP contribution in [-0.2, 0) is 11.8 Å². The van der Waals surface area contributed by atoms with Crippen molar-refractivity contribution in [1.29, 1.82) is 0 Å². The minimum atomic E-state index is -0.269. The van der Waals surface area contributed by atoms with E-state index in [-0.39, 0.29) is 11.4 Å². The number of carbonyl (C=O) groups is 1. The second-order valence-electron chi connectivity index (χ2n) is 5.77. The van der Waals surface area contributed by atoms with Gasteiger partial charge in [-0.3, -0.25) is 4.79 Å². The number of hydrogen-bond acceptors (Lipinski definition) is 2. The van der Waals surface area contributed by atoms with Gasteiger partial charge < -0.3 is 14.6 Å². The van der Waals surface area contributed by atoms with Crippen LogP contribution in [0.4, 0.5) is 0 Å². The molecule has 2 heterocycles. The highest BCUT2D eigenvalue weighted by Crippen LogP contribution is 2.33. The molecule has 22 heavy (non-hydrogen) atoms. The van der Waals surface area contributed by atoms with Crippen molar-refractivity contribution in [2.24, 2.45) is 7.05 Å². The molecule has 0 saturated carbocycles. The Morgan fingerprint density at radius 2 is 2.23 bits per heavy atom. The number of rotatable bonds is 3. The standard InChI is InChI=1S/C16H18Cl2N2O2/c1-3-16(6-7-22-9-16)19-15(21)13-8-10-12(20(13)2)5-4-11(17)14(10)18/h4-5,8H,3,6-7,9H2,1-2H3,(H,19,21). The molecule has 0 aliphatic carbocycles. The van der Waals surface area contributed by atoms with E-state index >= 15 is 0 Å². The molecule has 118 valence electrons. The van der Waals surface area contributed by atoms with Crippen molar-refractivity contribution in [1.82, 2.24) is 9.88 Å². The molecule has 3 rings (SSSR count). The fourth-order valence-corrected chi connectivity index (χ4v) is 3.32. The maximum atomic E-state index is 12.7. The van der Waals surface area contributed by atoms with E-state index in [9.17, 15) is 4.79 Å². The summed E-state index contributed by atoms with van der Waals surface area (Å²) in [6.07, 6.45) is 1.68. The topological polar surface area (TPSA) is 43.3 Å². The lowest BCUT2D eigenvalue weighted by molar-refractivity contribution is 0.0866. The number of aromatic nitrogens is 1. The molecule has 0 bridgehead atoms. The third-order valence-corrected chi connectivity index (χ3v) is 5.32. The van der Waals surface area contributed by atoms with E-state index in [1.165, 1.54) is 0 Å². The molecule has 1 unspecified atom stereocenters. The van der Waals surface area contributed by atoms with Gasteiger partial charge >= 0.3 is 0 Å². The van der Waals surface area contributed by atoms with Gasteiger partial charge in [0.15, 0.2) is 0 Å². The van der Waals surface area contributed by atoms with Crippen LogP contribution < -0.4 is 5.32 Å². The number of halogens is 2. The number of ether oxygens (including phenoxy) is 1. The first-order valence-electron chi connectivity index (χ1n) is 7.31. The second kappa shape index (κ2) is 5.76. The van der Waals surface area contributed by atoms with Gasteiger partial charge in [-0.05, 0) is 31.0 Å². The van der Waals surface area contributed by atoms with Crippen LogP contribution in [0.5, 0.6) is 0 Å². The lowest BCUT2D eigenvalue weighted by Crippen LogP contribution is -2.48. The van der Waals surface area contributed by atoms with Gasteiger partial charge in [0.1, 0.15) is 5.69 Å². The van der Waals surface area contributed by atoms with Gasteiger partial charge in [0.25, 0.3) is 5.91 Å². The van der Waals surface area contributed by atoms with E-state index in [0.717, 1.165) is 23.7 Å². The third-order valence-electron chi connectivity index (χ3n) is 4.50. The molecule has 1 N–H and O–H groups in total. The Bertz CT molecular complexity index is 733. The molecule has 1 aliphatic heterocycles. The first-order valence-corrected chi connectivity index (χ1v) is 8.07. The van der Waals surface area contributed by atoms with Crippen LogP contribution in [0.25, 0.3) is 10.9 Å². The summed E-state index contributed by atoms with van der Waals surface area (Å²) in [5, 5.41) is 4.88. The molecule has 1 amide bonds. The number of fused-ring (bicyclic) bond motifs is 1. The van der Waals surface area contributed by atoms with E-state index in [4.69, 9.17) is 27.9 Å². The lowest BCUT2D eigenvalue weighted by Gasteiger charge is -2.27. The fraction of sp³-hybridized carbons (Fsp3) is 0.438. The van der Waals surface area contributed by atoms with Crippen LogP contribution in [-0.4, -0.2) is 29.2 Å². The van der Waals surface area contributed by atoms with Gasteiger partial charge in [-0.25, -0.2) is 0 Å². The number of hydrogen-bond donors (Lipinski definition) is 1. The summed E-state index contributed by atoms with van der Waals surface area (Å²) in [6, 6.07) is 5.40. The van der Waals surface area contributed by atoms with Crippen molar-refractivity contribution in [2.75, 3.05) is 13.2 Å². The highest BCUT2D eigenvalue weighted by Gasteiger charge is 2.35. The van der Waals surface area contributed by atoms with Crippen molar-refractivity contribution in [3.05, 3.63) is 33.9 Å². The van der Waals surface area contributed by atoms with E-state index in [0.29, 0.717) is 29.0 Å².